The summed E-state index contributed by atoms with van der Waals surface area (Å²) in [5, 5.41) is 9.60. The summed E-state index contributed by atoms with van der Waals surface area (Å²) in [4.78, 5) is 28.8. The van der Waals surface area contributed by atoms with Gasteiger partial charge in [0.05, 0.1) is 10.2 Å². The van der Waals surface area contributed by atoms with E-state index in [9.17, 15) is 14.7 Å². The van der Waals surface area contributed by atoms with Gasteiger partial charge < -0.3 is 15.4 Å². The summed E-state index contributed by atoms with van der Waals surface area (Å²) in [6.07, 6.45) is 0.372. The quantitative estimate of drug-likeness (QED) is 0.689. The molecule has 1 atom stereocenters. The highest BCUT2D eigenvalue weighted by Gasteiger charge is 2.22. The first-order chi connectivity index (χ1) is 12.4. The summed E-state index contributed by atoms with van der Waals surface area (Å²) in [5.41, 5.74) is 8.63. The minimum absolute atomic E-state index is 0.352. The van der Waals surface area contributed by atoms with Gasteiger partial charge in [0.2, 0.25) is 0 Å². The lowest BCUT2D eigenvalue weighted by molar-refractivity contribution is -0.140. The van der Waals surface area contributed by atoms with E-state index in [1.807, 2.05) is 19.1 Å². The van der Waals surface area contributed by atoms with Crippen LogP contribution in [0.3, 0.4) is 0 Å². The number of carboxylic acid groups (broad SMARTS) is 1. The van der Waals surface area contributed by atoms with Crippen molar-refractivity contribution in [2.75, 3.05) is 5.73 Å². The molecule has 3 N–H and O–H groups in total. The number of fused-ring (bicyclic) bond motifs is 1. The van der Waals surface area contributed by atoms with Crippen LogP contribution in [0.4, 0.5) is 5.69 Å². The number of aryl methyl sites for hydroxylation is 1. The van der Waals surface area contributed by atoms with Gasteiger partial charge in [-0.1, -0.05) is 36.0 Å². The second-order valence-corrected chi connectivity index (χ2v) is 7.04. The second kappa shape index (κ2) is 7.13. The Morgan fingerprint density at radius 3 is 2.54 bits per heavy atom. The lowest BCUT2D eigenvalue weighted by atomic mass is 10.1. The lowest BCUT2D eigenvalue weighted by Crippen LogP contribution is -2.27. The van der Waals surface area contributed by atoms with Gasteiger partial charge in [0.15, 0.2) is 4.80 Å². The minimum Gasteiger partial charge on any atom is -0.480 e. The Balaban J connectivity index is 2.22. The maximum absolute atomic E-state index is 12.6. The fourth-order valence-corrected chi connectivity index (χ4v) is 3.87. The molecule has 0 saturated heterocycles. The van der Waals surface area contributed by atoms with Gasteiger partial charge >= 0.3 is 5.97 Å². The Hall–Kier alpha value is -2.93. The molecule has 1 unspecified atom stereocenters. The maximum Gasteiger partial charge on any atom is 0.326 e. The van der Waals surface area contributed by atoms with E-state index in [0.717, 1.165) is 10.3 Å². The summed E-state index contributed by atoms with van der Waals surface area (Å²) in [5.74, 6) is -1.37. The molecule has 0 spiro atoms. The predicted octanol–water partition coefficient (Wildman–Crippen LogP) is 3.37. The zero-order valence-electron chi connectivity index (χ0n) is 14.5. The van der Waals surface area contributed by atoms with Crippen LogP contribution in [-0.4, -0.2) is 21.6 Å². The molecule has 0 saturated carbocycles. The number of amides is 1. The third kappa shape index (κ3) is 3.39. The van der Waals surface area contributed by atoms with Crippen molar-refractivity contribution in [3.8, 4) is 0 Å². The van der Waals surface area contributed by atoms with Gasteiger partial charge in [-0.2, -0.15) is 4.99 Å². The number of carbonyl (C=O) groups excluding carboxylic acids is 1. The molecule has 7 heteroatoms. The fourth-order valence-electron chi connectivity index (χ4n) is 2.76. The molecule has 0 aliphatic rings. The van der Waals surface area contributed by atoms with Crippen molar-refractivity contribution in [2.24, 2.45) is 4.99 Å². The highest BCUT2D eigenvalue weighted by Crippen LogP contribution is 2.25. The number of hydrogen-bond donors (Lipinski definition) is 2. The monoisotopic (exact) mass is 369 g/mol. The maximum atomic E-state index is 12.6. The van der Waals surface area contributed by atoms with E-state index in [0.29, 0.717) is 28.0 Å². The average molecular weight is 369 g/mol. The third-order valence-corrected chi connectivity index (χ3v) is 5.15. The van der Waals surface area contributed by atoms with Gasteiger partial charge in [-0.25, -0.2) is 4.79 Å². The molecule has 1 aromatic heterocycles. The largest absolute Gasteiger partial charge is 0.480 e. The number of benzene rings is 2. The zero-order valence-corrected chi connectivity index (χ0v) is 15.3. The Bertz CT molecular complexity index is 1050. The highest BCUT2D eigenvalue weighted by atomic mass is 32.1. The lowest BCUT2D eigenvalue weighted by Gasteiger charge is -2.13. The van der Waals surface area contributed by atoms with Crippen molar-refractivity contribution in [3.05, 3.63) is 58.4 Å². The molecule has 0 aliphatic carbocycles. The molecule has 134 valence electrons. The number of thiazole rings is 1. The highest BCUT2D eigenvalue weighted by molar-refractivity contribution is 7.16. The van der Waals surface area contributed by atoms with Crippen LogP contribution in [0, 0.1) is 6.92 Å². The summed E-state index contributed by atoms with van der Waals surface area (Å²) < 4.78 is 2.40. The SMILES string of the molecule is CCC(C(=O)O)n1c(=NC(=O)c2ccc(C)cc2)sc2cc(N)ccc21. The molecule has 26 heavy (non-hydrogen) atoms. The van der Waals surface area contributed by atoms with Crippen LogP contribution in [0.5, 0.6) is 0 Å². The number of nitrogens with zero attached hydrogens (tertiary/aromatic N) is 2. The average Bonchev–Trinajstić information content (AvgIpc) is 2.93. The van der Waals surface area contributed by atoms with Crippen LogP contribution < -0.4 is 10.5 Å². The van der Waals surface area contributed by atoms with Crippen molar-refractivity contribution < 1.29 is 14.7 Å². The molecule has 0 aliphatic heterocycles. The van der Waals surface area contributed by atoms with E-state index in [4.69, 9.17) is 5.73 Å². The number of aliphatic carboxylic acids is 1. The zero-order chi connectivity index (χ0) is 18.8. The molecule has 2 aromatic carbocycles. The van der Waals surface area contributed by atoms with Gasteiger partial charge in [0.25, 0.3) is 5.91 Å². The molecule has 0 bridgehead atoms. The first kappa shape index (κ1) is 17.9. The normalized spacial score (nSPS) is 13.1. The Morgan fingerprint density at radius 1 is 1.23 bits per heavy atom. The van der Waals surface area contributed by atoms with E-state index in [1.165, 1.54) is 11.3 Å². The number of nitrogens with two attached hydrogens (primary N) is 1. The van der Waals surface area contributed by atoms with E-state index in [2.05, 4.69) is 4.99 Å². The number of nitrogen functional groups attached to an aromatic ring is 1. The number of anilines is 1. The third-order valence-electron chi connectivity index (χ3n) is 4.13. The first-order valence-corrected chi connectivity index (χ1v) is 9.01. The van der Waals surface area contributed by atoms with Crippen molar-refractivity contribution in [1.82, 2.24) is 4.57 Å². The Morgan fingerprint density at radius 2 is 1.92 bits per heavy atom. The van der Waals surface area contributed by atoms with Gasteiger partial charge in [-0.15, -0.1) is 0 Å². The van der Waals surface area contributed by atoms with Crippen LogP contribution in [-0.2, 0) is 4.79 Å². The van der Waals surface area contributed by atoms with E-state index in [1.54, 1.807) is 41.8 Å². The Labute approximate surface area is 154 Å². The Kier molecular flexibility index (Phi) is 4.90. The van der Waals surface area contributed by atoms with Crippen molar-refractivity contribution >= 4 is 39.1 Å². The number of hydrogen-bond acceptors (Lipinski definition) is 4. The fraction of sp³-hybridized carbons (Fsp3) is 0.211. The van der Waals surface area contributed by atoms with Gasteiger partial charge in [-0.05, 0) is 43.7 Å². The van der Waals surface area contributed by atoms with Gasteiger partial charge in [0.1, 0.15) is 6.04 Å². The van der Waals surface area contributed by atoms with Crippen LogP contribution in [0.15, 0.2) is 47.5 Å². The number of aromatic nitrogens is 1. The second-order valence-electron chi connectivity index (χ2n) is 6.03. The number of rotatable bonds is 4. The molecule has 1 heterocycles. The smallest absolute Gasteiger partial charge is 0.326 e. The molecule has 0 radical (unpaired) electrons. The molecular weight excluding hydrogens is 350 g/mol. The van der Waals surface area contributed by atoms with E-state index in [-0.39, 0.29) is 0 Å². The first-order valence-electron chi connectivity index (χ1n) is 8.19. The summed E-state index contributed by atoms with van der Waals surface area (Å²) >= 11 is 1.26. The van der Waals surface area contributed by atoms with Gasteiger partial charge in [0, 0.05) is 11.3 Å². The predicted molar refractivity (Wildman–Crippen MR) is 102 cm³/mol. The van der Waals surface area contributed by atoms with Crippen LogP contribution >= 0.6 is 11.3 Å². The van der Waals surface area contributed by atoms with Crippen molar-refractivity contribution in [3.63, 3.8) is 0 Å². The summed E-state index contributed by atoms with van der Waals surface area (Å²) in [6, 6.07) is 11.5. The minimum atomic E-state index is -0.965. The molecule has 0 fully saturated rings. The summed E-state index contributed by atoms with van der Waals surface area (Å²) in [6.45, 7) is 3.73. The standard InChI is InChI=1S/C19H19N3O3S/c1-3-14(18(24)25)22-15-9-8-13(20)10-16(15)26-19(22)21-17(23)12-6-4-11(2)5-7-12/h4-10,14H,3,20H2,1-2H3,(H,24,25). The van der Waals surface area contributed by atoms with Gasteiger partial charge in [-0.3, -0.25) is 4.79 Å². The van der Waals surface area contributed by atoms with Crippen molar-refractivity contribution in [1.29, 1.82) is 0 Å². The molecular formula is C19H19N3O3S. The molecule has 3 aromatic rings. The molecule has 3 rings (SSSR count). The van der Waals surface area contributed by atoms with Crippen LogP contribution in [0.2, 0.25) is 0 Å². The molecule has 6 nitrogen and oxygen atoms in total. The van der Waals surface area contributed by atoms with Crippen LogP contribution in [0.25, 0.3) is 10.2 Å². The van der Waals surface area contributed by atoms with E-state index < -0.39 is 17.9 Å². The number of carbonyl (C=O) groups is 2. The van der Waals surface area contributed by atoms with E-state index >= 15 is 0 Å². The van der Waals surface area contributed by atoms with Crippen LogP contribution in [0.1, 0.15) is 35.3 Å². The topological polar surface area (TPSA) is 97.7 Å². The van der Waals surface area contributed by atoms with Crippen molar-refractivity contribution in [2.45, 2.75) is 26.3 Å². The molecule has 1 amide bonds. The number of carboxylic acids is 1. The summed E-state index contributed by atoms with van der Waals surface area (Å²) in [7, 11) is 0.